The van der Waals surface area contributed by atoms with Crippen molar-refractivity contribution >= 4 is 5.97 Å². The van der Waals surface area contributed by atoms with E-state index >= 15 is 0 Å². The van der Waals surface area contributed by atoms with E-state index in [0.717, 1.165) is 32.1 Å². The van der Waals surface area contributed by atoms with Crippen LogP contribution in [0.25, 0.3) is 0 Å². The number of carbonyl (C=O) groups is 1. The highest BCUT2D eigenvalue weighted by molar-refractivity contribution is 5.79. The number of rotatable bonds is 8. The second kappa shape index (κ2) is 8.56. The fourth-order valence-electron chi connectivity index (χ4n) is 0.862. The smallest absolute Gasteiger partial charge is 0.329 e. The zero-order chi connectivity index (χ0) is 10.8. The molecule has 0 spiro atoms. The molecule has 0 saturated heterocycles. The Balaban J connectivity index is 3.10. The van der Waals surface area contributed by atoms with Crippen LogP contribution in [0.5, 0.6) is 0 Å². The van der Waals surface area contributed by atoms with E-state index in [1.165, 1.54) is 6.20 Å². The minimum Gasteiger partial charge on any atom is -0.478 e. The Bertz CT molecular complexity index is 178. The molecule has 4 heteroatoms. The zero-order valence-electron chi connectivity index (χ0n) is 8.82. The highest BCUT2D eigenvalue weighted by Crippen LogP contribution is 1.93. The van der Waals surface area contributed by atoms with Crippen molar-refractivity contribution in [2.75, 3.05) is 13.2 Å². The van der Waals surface area contributed by atoms with E-state index in [-0.39, 0.29) is 6.10 Å². The van der Waals surface area contributed by atoms with Gasteiger partial charge < -0.3 is 15.2 Å². The van der Waals surface area contributed by atoms with Gasteiger partial charge in [-0.15, -0.1) is 0 Å². The molecule has 14 heavy (non-hydrogen) atoms. The maximum atomic E-state index is 10.1. The summed E-state index contributed by atoms with van der Waals surface area (Å²) in [6, 6.07) is 0. The van der Waals surface area contributed by atoms with Crippen LogP contribution in [0.2, 0.25) is 0 Å². The first kappa shape index (κ1) is 13.0. The Labute approximate surface area is 85.0 Å². The predicted molar refractivity (Wildman–Crippen MR) is 55.1 cm³/mol. The topological polar surface area (TPSA) is 58.6 Å². The summed E-state index contributed by atoms with van der Waals surface area (Å²) in [5.41, 5.74) is 0. The summed E-state index contributed by atoms with van der Waals surface area (Å²) in [5.74, 6) is -0.930. The van der Waals surface area contributed by atoms with E-state index in [4.69, 9.17) is 9.84 Å². The molecule has 0 aromatic rings. The third kappa shape index (κ3) is 11.0. The van der Waals surface area contributed by atoms with Gasteiger partial charge in [0.25, 0.3) is 0 Å². The molecule has 0 aliphatic heterocycles. The minimum atomic E-state index is -0.930. The molecule has 0 saturated carbocycles. The molecule has 0 heterocycles. The first-order valence-corrected chi connectivity index (χ1v) is 4.87. The standard InChI is InChI=1S/C10H19NO3/c1-9(2)14-8-4-3-6-11-7-5-10(12)13/h5,7,9,11H,3-4,6,8H2,1-2H3,(H,12,13)/b7-5+. The van der Waals surface area contributed by atoms with E-state index in [9.17, 15) is 4.79 Å². The third-order valence-corrected chi connectivity index (χ3v) is 1.51. The largest absolute Gasteiger partial charge is 0.478 e. The quantitative estimate of drug-likeness (QED) is 0.460. The van der Waals surface area contributed by atoms with Crippen molar-refractivity contribution in [3.63, 3.8) is 0 Å². The van der Waals surface area contributed by atoms with Crippen molar-refractivity contribution in [1.82, 2.24) is 5.32 Å². The summed E-state index contributed by atoms with van der Waals surface area (Å²) >= 11 is 0. The average Bonchev–Trinajstić information content (AvgIpc) is 2.08. The van der Waals surface area contributed by atoms with Gasteiger partial charge in [0.1, 0.15) is 0 Å². The van der Waals surface area contributed by atoms with Gasteiger partial charge in [-0.3, -0.25) is 0 Å². The van der Waals surface area contributed by atoms with Crippen LogP contribution in [0.15, 0.2) is 12.3 Å². The summed E-state index contributed by atoms with van der Waals surface area (Å²) < 4.78 is 5.35. The summed E-state index contributed by atoms with van der Waals surface area (Å²) in [5, 5.41) is 11.2. The van der Waals surface area contributed by atoms with Crippen LogP contribution in [-0.2, 0) is 9.53 Å². The Morgan fingerprint density at radius 1 is 1.50 bits per heavy atom. The Kier molecular flexibility index (Phi) is 7.93. The van der Waals surface area contributed by atoms with Crippen molar-refractivity contribution in [3.8, 4) is 0 Å². The van der Waals surface area contributed by atoms with Gasteiger partial charge in [0, 0.05) is 25.4 Å². The molecule has 0 unspecified atom stereocenters. The summed E-state index contributed by atoms with van der Waals surface area (Å²) in [7, 11) is 0. The lowest BCUT2D eigenvalue weighted by Crippen LogP contribution is -2.10. The van der Waals surface area contributed by atoms with E-state index in [1.807, 2.05) is 13.8 Å². The molecular weight excluding hydrogens is 182 g/mol. The molecule has 82 valence electrons. The number of hydrogen-bond acceptors (Lipinski definition) is 3. The van der Waals surface area contributed by atoms with Gasteiger partial charge in [0.15, 0.2) is 0 Å². The van der Waals surface area contributed by atoms with Gasteiger partial charge in [-0.25, -0.2) is 4.79 Å². The molecule has 0 aromatic carbocycles. The minimum absolute atomic E-state index is 0.287. The van der Waals surface area contributed by atoms with Gasteiger partial charge in [-0.1, -0.05) is 0 Å². The molecule has 4 nitrogen and oxygen atoms in total. The Morgan fingerprint density at radius 2 is 2.21 bits per heavy atom. The molecule has 0 aliphatic carbocycles. The molecule has 0 radical (unpaired) electrons. The molecule has 0 aromatic heterocycles. The van der Waals surface area contributed by atoms with Crippen LogP contribution in [-0.4, -0.2) is 30.3 Å². The van der Waals surface area contributed by atoms with Crippen LogP contribution < -0.4 is 5.32 Å². The van der Waals surface area contributed by atoms with Gasteiger partial charge in [0.2, 0.25) is 0 Å². The zero-order valence-corrected chi connectivity index (χ0v) is 8.82. The third-order valence-electron chi connectivity index (χ3n) is 1.51. The maximum Gasteiger partial charge on any atom is 0.329 e. The molecule has 0 fully saturated rings. The Morgan fingerprint density at radius 3 is 2.79 bits per heavy atom. The summed E-state index contributed by atoms with van der Waals surface area (Å²) in [6.45, 7) is 5.56. The van der Waals surface area contributed by atoms with Crippen molar-refractivity contribution in [2.24, 2.45) is 0 Å². The monoisotopic (exact) mass is 201 g/mol. The number of carboxylic acid groups (broad SMARTS) is 1. The van der Waals surface area contributed by atoms with E-state index < -0.39 is 5.97 Å². The van der Waals surface area contributed by atoms with Crippen LogP contribution in [0, 0.1) is 0 Å². The van der Waals surface area contributed by atoms with Crippen LogP contribution in [0.3, 0.4) is 0 Å². The lowest BCUT2D eigenvalue weighted by molar-refractivity contribution is -0.131. The Hall–Kier alpha value is -1.03. The lowest BCUT2D eigenvalue weighted by atomic mass is 10.3. The van der Waals surface area contributed by atoms with E-state index in [1.54, 1.807) is 0 Å². The highest BCUT2D eigenvalue weighted by Gasteiger charge is 1.92. The number of nitrogens with one attached hydrogen (secondary N) is 1. The van der Waals surface area contributed by atoms with Crippen LogP contribution in [0.1, 0.15) is 26.7 Å². The second-order valence-corrected chi connectivity index (χ2v) is 3.25. The van der Waals surface area contributed by atoms with Gasteiger partial charge in [-0.2, -0.15) is 0 Å². The van der Waals surface area contributed by atoms with Gasteiger partial charge in [0.05, 0.1) is 6.10 Å². The average molecular weight is 201 g/mol. The van der Waals surface area contributed by atoms with Gasteiger partial charge >= 0.3 is 5.97 Å². The molecule has 2 N–H and O–H groups in total. The molecule has 0 rings (SSSR count). The number of hydrogen-bond donors (Lipinski definition) is 2. The highest BCUT2D eigenvalue weighted by atomic mass is 16.5. The van der Waals surface area contributed by atoms with Crippen LogP contribution >= 0.6 is 0 Å². The molecule has 0 bridgehead atoms. The molecular formula is C10H19NO3. The molecule has 0 atom stereocenters. The first-order valence-electron chi connectivity index (χ1n) is 4.87. The first-order chi connectivity index (χ1) is 6.63. The van der Waals surface area contributed by atoms with Crippen molar-refractivity contribution in [1.29, 1.82) is 0 Å². The fraction of sp³-hybridized carbons (Fsp3) is 0.700. The number of ether oxygens (including phenoxy) is 1. The summed E-state index contributed by atoms with van der Waals surface area (Å²) in [6.07, 6.45) is 4.80. The number of unbranched alkanes of at least 4 members (excludes halogenated alkanes) is 1. The number of carboxylic acids is 1. The fourth-order valence-corrected chi connectivity index (χ4v) is 0.862. The van der Waals surface area contributed by atoms with Crippen molar-refractivity contribution in [2.45, 2.75) is 32.8 Å². The van der Waals surface area contributed by atoms with Crippen molar-refractivity contribution < 1.29 is 14.6 Å². The molecule has 0 amide bonds. The predicted octanol–water partition coefficient (Wildman–Crippen LogP) is 1.38. The summed E-state index contributed by atoms with van der Waals surface area (Å²) in [4.78, 5) is 10.1. The van der Waals surface area contributed by atoms with Crippen molar-refractivity contribution in [3.05, 3.63) is 12.3 Å². The van der Waals surface area contributed by atoms with Crippen LogP contribution in [0.4, 0.5) is 0 Å². The van der Waals surface area contributed by atoms with Gasteiger partial charge in [-0.05, 0) is 26.7 Å². The normalized spacial score (nSPS) is 11.1. The number of aliphatic carboxylic acids is 1. The van der Waals surface area contributed by atoms with E-state index in [0.29, 0.717) is 0 Å². The maximum absolute atomic E-state index is 10.1. The SMILES string of the molecule is CC(C)OCCCCN/C=C/C(=O)O. The second-order valence-electron chi connectivity index (χ2n) is 3.25. The lowest BCUT2D eigenvalue weighted by Gasteiger charge is -2.06. The van der Waals surface area contributed by atoms with E-state index in [2.05, 4.69) is 5.32 Å². The molecule has 0 aliphatic rings.